The van der Waals surface area contributed by atoms with Crippen LogP contribution in [-0.2, 0) is 4.79 Å². The lowest BCUT2D eigenvalue weighted by molar-refractivity contribution is -0.137. The van der Waals surface area contributed by atoms with E-state index in [4.69, 9.17) is 15.3 Å². The number of carboxylic acids is 1. The first-order valence-corrected chi connectivity index (χ1v) is 13.5. The molecule has 0 bridgehead atoms. The zero-order valence-corrected chi connectivity index (χ0v) is 21.5. The van der Waals surface area contributed by atoms with Crippen molar-refractivity contribution in [2.24, 2.45) is 11.8 Å². The molecule has 2 rings (SSSR count). The number of aliphatic hydroxyl groups excluding tert-OH is 2. The molecule has 1 aliphatic heterocycles. The van der Waals surface area contributed by atoms with Crippen LogP contribution in [0.2, 0.25) is 0 Å². The first kappa shape index (κ1) is 30.3. The molecule has 0 aromatic heterocycles. The third-order valence-electron chi connectivity index (χ3n) is 4.68. The normalized spacial score (nSPS) is 18.1. The quantitative estimate of drug-likeness (QED) is 0.332. The summed E-state index contributed by atoms with van der Waals surface area (Å²) in [6, 6.07) is 10.7. The van der Waals surface area contributed by atoms with Crippen LogP contribution in [-0.4, -0.2) is 45.5 Å². The number of hydrogen-bond acceptors (Lipinski definition) is 5. The Hall–Kier alpha value is -0.690. The van der Waals surface area contributed by atoms with E-state index in [-0.39, 0.29) is 0 Å². The third kappa shape index (κ3) is 18.6. The second-order valence-corrected chi connectivity index (χ2v) is 11.5. The summed E-state index contributed by atoms with van der Waals surface area (Å²) in [5, 5.41) is 25.8. The van der Waals surface area contributed by atoms with Gasteiger partial charge in [0, 0.05) is 24.9 Å². The zero-order chi connectivity index (χ0) is 23.5. The Morgan fingerprint density at radius 2 is 1.58 bits per heavy atom. The number of benzene rings is 1. The lowest BCUT2D eigenvalue weighted by Crippen LogP contribution is -2.12. The van der Waals surface area contributed by atoms with E-state index in [9.17, 15) is 4.79 Å². The summed E-state index contributed by atoms with van der Waals surface area (Å²) in [5.41, 5.74) is 1.41. The smallest absolute Gasteiger partial charge is 0.303 e. The topological polar surface area (TPSA) is 77.8 Å². The molecule has 180 valence electrons. The van der Waals surface area contributed by atoms with Gasteiger partial charge in [0.25, 0.3) is 0 Å². The molecule has 0 amide bonds. The molecular formula is C25H44O4S2. The Morgan fingerprint density at radius 3 is 2.03 bits per heavy atom. The number of aliphatic hydroxyl groups is 2. The standard InChI is InChI=1S/C15H20O2S2.2C5H12O/c16-14(17)9-5-4-8-13-10-11-18-15(19-13)12-6-2-1-3-7-12;2*1-5(2)3-4-6/h1-3,6-7,13,15H,4-5,8-11H2,(H,16,17);2*5-6H,3-4H2,1-2H3. The predicted molar refractivity (Wildman–Crippen MR) is 137 cm³/mol. The highest BCUT2D eigenvalue weighted by Gasteiger charge is 2.23. The molecule has 0 aliphatic carbocycles. The van der Waals surface area contributed by atoms with Crippen LogP contribution < -0.4 is 0 Å². The van der Waals surface area contributed by atoms with Gasteiger partial charge in [0.1, 0.15) is 0 Å². The zero-order valence-electron chi connectivity index (χ0n) is 19.8. The molecule has 1 aromatic rings. The largest absolute Gasteiger partial charge is 0.481 e. The van der Waals surface area contributed by atoms with Crippen LogP contribution in [0.5, 0.6) is 0 Å². The second-order valence-electron chi connectivity index (χ2n) is 8.61. The average molecular weight is 473 g/mol. The van der Waals surface area contributed by atoms with Crippen molar-refractivity contribution < 1.29 is 20.1 Å². The monoisotopic (exact) mass is 472 g/mol. The maximum absolute atomic E-state index is 10.5. The minimum Gasteiger partial charge on any atom is -0.481 e. The summed E-state index contributed by atoms with van der Waals surface area (Å²) in [4.78, 5) is 10.5. The van der Waals surface area contributed by atoms with Crippen LogP contribution >= 0.6 is 23.5 Å². The summed E-state index contributed by atoms with van der Waals surface area (Å²) in [7, 11) is 0. The van der Waals surface area contributed by atoms with E-state index in [1.807, 2.05) is 11.8 Å². The molecule has 0 spiro atoms. The summed E-state index contributed by atoms with van der Waals surface area (Å²) in [6.45, 7) is 9.04. The number of thioether (sulfide) groups is 2. The Bertz CT molecular complexity index is 528. The molecule has 3 N–H and O–H groups in total. The SMILES string of the molecule is CC(C)CCO.CC(C)CCO.O=C(O)CCCCC1CCSC(c2ccccc2)S1. The third-order valence-corrected chi connectivity index (χ3v) is 7.84. The lowest BCUT2D eigenvalue weighted by Gasteiger charge is -2.28. The van der Waals surface area contributed by atoms with Gasteiger partial charge in [0.15, 0.2) is 0 Å². The van der Waals surface area contributed by atoms with Gasteiger partial charge < -0.3 is 15.3 Å². The first-order chi connectivity index (χ1) is 14.8. The van der Waals surface area contributed by atoms with Crippen molar-refractivity contribution in [3.8, 4) is 0 Å². The Labute approximate surface area is 198 Å². The predicted octanol–water partition coefficient (Wildman–Crippen LogP) is 6.62. The van der Waals surface area contributed by atoms with Crippen molar-refractivity contribution in [2.75, 3.05) is 19.0 Å². The summed E-state index contributed by atoms with van der Waals surface area (Å²) in [5.74, 6) is 1.84. The maximum Gasteiger partial charge on any atom is 0.303 e. The van der Waals surface area contributed by atoms with Crippen LogP contribution in [0, 0.1) is 11.8 Å². The van der Waals surface area contributed by atoms with Gasteiger partial charge in [-0.2, -0.15) is 0 Å². The van der Waals surface area contributed by atoms with E-state index in [0.29, 0.717) is 41.3 Å². The molecule has 6 heteroatoms. The van der Waals surface area contributed by atoms with Crippen LogP contribution in [0.15, 0.2) is 30.3 Å². The highest BCUT2D eigenvalue weighted by atomic mass is 32.2. The van der Waals surface area contributed by atoms with Crippen LogP contribution in [0.3, 0.4) is 0 Å². The van der Waals surface area contributed by atoms with E-state index >= 15 is 0 Å². The second kappa shape index (κ2) is 20.0. The maximum atomic E-state index is 10.5. The van der Waals surface area contributed by atoms with E-state index < -0.39 is 5.97 Å². The molecule has 1 aliphatic rings. The van der Waals surface area contributed by atoms with Crippen LogP contribution in [0.25, 0.3) is 0 Å². The van der Waals surface area contributed by atoms with Crippen molar-refractivity contribution in [2.45, 2.75) is 82.5 Å². The number of hydrogen-bond donors (Lipinski definition) is 3. The molecule has 2 unspecified atom stereocenters. The fraction of sp³-hybridized carbons (Fsp3) is 0.720. The molecule has 2 atom stereocenters. The van der Waals surface area contributed by atoms with Gasteiger partial charge >= 0.3 is 5.97 Å². The van der Waals surface area contributed by atoms with Gasteiger partial charge in [-0.15, -0.1) is 23.5 Å². The van der Waals surface area contributed by atoms with Gasteiger partial charge in [-0.1, -0.05) is 64.4 Å². The highest BCUT2D eigenvalue weighted by molar-refractivity contribution is 8.17. The Balaban J connectivity index is 0.000000620. The van der Waals surface area contributed by atoms with Gasteiger partial charge in [-0.05, 0) is 55.3 Å². The molecule has 1 saturated heterocycles. The van der Waals surface area contributed by atoms with E-state index in [1.54, 1.807) is 0 Å². The van der Waals surface area contributed by atoms with Gasteiger partial charge in [-0.3, -0.25) is 4.79 Å². The molecule has 0 saturated carbocycles. The van der Waals surface area contributed by atoms with Crippen LogP contribution in [0.4, 0.5) is 0 Å². The van der Waals surface area contributed by atoms with Crippen LogP contribution in [0.1, 0.15) is 82.8 Å². The number of carboxylic acid groups (broad SMARTS) is 1. The Kier molecular flexibility index (Phi) is 19.5. The number of unbranched alkanes of at least 4 members (excludes halogenated alkanes) is 1. The van der Waals surface area contributed by atoms with E-state index in [2.05, 4.69) is 69.8 Å². The minimum absolute atomic E-state index is 0.314. The summed E-state index contributed by atoms with van der Waals surface area (Å²) >= 11 is 4.09. The average Bonchev–Trinajstić information content (AvgIpc) is 2.73. The van der Waals surface area contributed by atoms with Crippen molar-refractivity contribution in [1.82, 2.24) is 0 Å². The minimum atomic E-state index is -0.672. The lowest BCUT2D eigenvalue weighted by atomic mass is 10.1. The van der Waals surface area contributed by atoms with Crippen molar-refractivity contribution in [3.63, 3.8) is 0 Å². The van der Waals surface area contributed by atoms with Gasteiger partial charge in [0.05, 0.1) is 4.58 Å². The highest BCUT2D eigenvalue weighted by Crippen LogP contribution is 2.48. The molecule has 1 aromatic carbocycles. The Morgan fingerprint density at radius 1 is 1.00 bits per heavy atom. The molecule has 0 radical (unpaired) electrons. The molecule has 1 fully saturated rings. The molecule has 1 heterocycles. The van der Waals surface area contributed by atoms with Crippen molar-refractivity contribution in [1.29, 1.82) is 0 Å². The fourth-order valence-electron chi connectivity index (χ4n) is 2.75. The van der Waals surface area contributed by atoms with Gasteiger partial charge in [0.2, 0.25) is 0 Å². The van der Waals surface area contributed by atoms with E-state index in [1.165, 1.54) is 17.7 Å². The number of rotatable bonds is 10. The number of carbonyl (C=O) groups is 1. The summed E-state index contributed by atoms with van der Waals surface area (Å²) < 4.78 is 0.555. The van der Waals surface area contributed by atoms with Crippen molar-refractivity contribution in [3.05, 3.63) is 35.9 Å². The summed E-state index contributed by atoms with van der Waals surface area (Å²) in [6.07, 6.45) is 6.44. The molecule has 31 heavy (non-hydrogen) atoms. The first-order valence-electron chi connectivity index (χ1n) is 11.6. The number of aliphatic carboxylic acids is 1. The molecular weight excluding hydrogens is 428 g/mol. The fourth-order valence-corrected chi connectivity index (χ4v) is 6.18. The molecule has 4 nitrogen and oxygen atoms in total. The van der Waals surface area contributed by atoms with E-state index in [0.717, 1.165) is 32.1 Å². The van der Waals surface area contributed by atoms with Crippen molar-refractivity contribution >= 4 is 29.5 Å². The van der Waals surface area contributed by atoms with Gasteiger partial charge in [-0.25, -0.2) is 0 Å².